The lowest BCUT2D eigenvalue weighted by atomic mass is 9.97. The van der Waals surface area contributed by atoms with Gasteiger partial charge in [0.05, 0.1) is 11.1 Å². The van der Waals surface area contributed by atoms with Crippen LogP contribution < -0.4 is 4.74 Å². The highest BCUT2D eigenvalue weighted by Crippen LogP contribution is 2.31. The number of rotatable bonds is 5. The number of Topliss-reactive ketones (excluding diaryl/α,β-unsaturated/α-hetero) is 1. The van der Waals surface area contributed by atoms with Gasteiger partial charge in [0.2, 0.25) is 0 Å². The molecule has 1 aromatic rings. The molecule has 19 heavy (non-hydrogen) atoms. The Morgan fingerprint density at radius 1 is 1.42 bits per heavy atom. The molecule has 3 heteroatoms. The van der Waals surface area contributed by atoms with Gasteiger partial charge in [0, 0.05) is 11.5 Å². The van der Waals surface area contributed by atoms with Crippen LogP contribution in [-0.2, 0) is 0 Å². The first-order valence-electron chi connectivity index (χ1n) is 7.12. The summed E-state index contributed by atoms with van der Waals surface area (Å²) in [6.07, 6.45) is 5.79. The molecule has 1 aliphatic rings. The maximum atomic E-state index is 12.1. The lowest BCUT2D eigenvalue weighted by molar-refractivity contribution is 0.0927. The third-order valence-corrected chi connectivity index (χ3v) is 4.17. The fourth-order valence-electron chi connectivity index (χ4n) is 2.41. The molecule has 0 aliphatic heterocycles. The largest absolute Gasteiger partial charge is 0.489 e. The summed E-state index contributed by atoms with van der Waals surface area (Å²) in [6, 6.07) is 5.39. The van der Waals surface area contributed by atoms with Gasteiger partial charge in [-0.15, -0.1) is 0 Å². The molecule has 0 spiro atoms. The smallest absolute Gasteiger partial charge is 0.165 e. The fraction of sp³-hybridized carbons (Fsp3) is 0.562. The second-order valence-electron chi connectivity index (χ2n) is 5.34. The standard InChI is InChI=1S/C16H21ClO2/c1-3-11(2)16(18)12-8-9-15(14(17)10-12)19-13-6-4-5-7-13/h8-11,13H,3-7H2,1-2H3/t11-/m1/s1. The highest BCUT2D eigenvalue weighted by Gasteiger charge is 2.19. The van der Waals surface area contributed by atoms with Gasteiger partial charge in [0.1, 0.15) is 5.75 Å². The average Bonchev–Trinajstić information content (AvgIpc) is 2.92. The topological polar surface area (TPSA) is 26.3 Å². The SMILES string of the molecule is CC[C@@H](C)C(=O)c1ccc(OC2CCCC2)c(Cl)c1. The van der Waals surface area contributed by atoms with Crippen LogP contribution in [0.25, 0.3) is 0 Å². The summed E-state index contributed by atoms with van der Waals surface area (Å²) >= 11 is 6.22. The van der Waals surface area contributed by atoms with Crippen molar-refractivity contribution in [2.75, 3.05) is 0 Å². The van der Waals surface area contributed by atoms with Crippen molar-refractivity contribution < 1.29 is 9.53 Å². The highest BCUT2D eigenvalue weighted by molar-refractivity contribution is 6.32. The van der Waals surface area contributed by atoms with Crippen LogP contribution in [0.15, 0.2) is 18.2 Å². The number of hydrogen-bond acceptors (Lipinski definition) is 2. The van der Waals surface area contributed by atoms with Gasteiger partial charge in [-0.1, -0.05) is 25.4 Å². The van der Waals surface area contributed by atoms with Crippen molar-refractivity contribution in [1.29, 1.82) is 0 Å². The normalized spacial score (nSPS) is 17.4. The minimum atomic E-state index is 0.0395. The second-order valence-corrected chi connectivity index (χ2v) is 5.75. The van der Waals surface area contributed by atoms with Crippen LogP contribution in [0.4, 0.5) is 0 Å². The van der Waals surface area contributed by atoms with Crippen LogP contribution >= 0.6 is 11.6 Å². The minimum absolute atomic E-state index is 0.0395. The van der Waals surface area contributed by atoms with E-state index in [2.05, 4.69) is 0 Å². The van der Waals surface area contributed by atoms with Crippen LogP contribution in [0, 0.1) is 5.92 Å². The number of carbonyl (C=O) groups is 1. The van der Waals surface area contributed by atoms with Crippen molar-refractivity contribution in [2.45, 2.75) is 52.1 Å². The summed E-state index contributed by atoms with van der Waals surface area (Å²) < 4.78 is 5.88. The highest BCUT2D eigenvalue weighted by atomic mass is 35.5. The molecule has 0 amide bonds. The third-order valence-electron chi connectivity index (χ3n) is 3.87. The summed E-state index contributed by atoms with van der Waals surface area (Å²) in [4.78, 5) is 12.1. The number of hydrogen-bond donors (Lipinski definition) is 0. The zero-order chi connectivity index (χ0) is 13.8. The van der Waals surface area contributed by atoms with E-state index in [0.717, 1.165) is 19.3 Å². The molecular weight excluding hydrogens is 260 g/mol. The number of benzene rings is 1. The van der Waals surface area contributed by atoms with Crippen LogP contribution in [0.1, 0.15) is 56.3 Å². The van der Waals surface area contributed by atoms with E-state index in [1.807, 2.05) is 26.0 Å². The van der Waals surface area contributed by atoms with Gasteiger partial charge in [-0.25, -0.2) is 0 Å². The lowest BCUT2D eigenvalue weighted by Gasteiger charge is -2.15. The Labute approximate surface area is 120 Å². The maximum absolute atomic E-state index is 12.1. The number of ketones is 1. The van der Waals surface area contributed by atoms with Gasteiger partial charge in [-0.2, -0.15) is 0 Å². The molecule has 1 saturated carbocycles. The van der Waals surface area contributed by atoms with Crippen molar-refractivity contribution in [2.24, 2.45) is 5.92 Å². The zero-order valence-electron chi connectivity index (χ0n) is 11.6. The van der Waals surface area contributed by atoms with Crippen molar-refractivity contribution in [3.8, 4) is 5.75 Å². The molecule has 1 aromatic carbocycles. The molecule has 1 aliphatic carbocycles. The average molecular weight is 281 g/mol. The molecule has 0 heterocycles. The van der Waals surface area contributed by atoms with E-state index in [1.54, 1.807) is 6.07 Å². The van der Waals surface area contributed by atoms with E-state index in [1.165, 1.54) is 12.8 Å². The Morgan fingerprint density at radius 2 is 2.11 bits per heavy atom. The molecule has 104 valence electrons. The van der Waals surface area contributed by atoms with Gasteiger partial charge in [0.25, 0.3) is 0 Å². The van der Waals surface area contributed by atoms with E-state index >= 15 is 0 Å². The number of carbonyl (C=O) groups excluding carboxylic acids is 1. The Hall–Kier alpha value is -1.02. The zero-order valence-corrected chi connectivity index (χ0v) is 12.4. The number of halogens is 1. The molecular formula is C16H21ClO2. The Kier molecular flexibility index (Phi) is 4.87. The van der Waals surface area contributed by atoms with Crippen molar-refractivity contribution in [3.63, 3.8) is 0 Å². The monoisotopic (exact) mass is 280 g/mol. The molecule has 1 atom stereocenters. The van der Waals surface area contributed by atoms with Crippen LogP contribution in [-0.4, -0.2) is 11.9 Å². The summed E-state index contributed by atoms with van der Waals surface area (Å²) in [6.45, 7) is 3.96. The molecule has 0 N–H and O–H groups in total. The molecule has 1 fully saturated rings. The first-order chi connectivity index (χ1) is 9.11. The molecule has 2 nitrogen and oxygen atoms in total. The van der Waals surface area contributed by atoms with Gasteiger partial charge in [-0.05, 0) is 50.3 Å². The molecule has 0 radical (unpaired) electrons. The first-order valence-corrected chi connectivity index (χ1v) is 7.50. The summed E-state index contributed by atoms with van der Waals surface area (Å²) in [7, 11) is 0. The molecule has 2 rings (SSSR count). The van der Waals surface area contributed by atoms with Gasteiger partial charge >= 0.3 is 0 Å². The predicted molar refractivity (Wildman–Crippen MR) is 78.1 cm³/mol. The molecule has 0 unspecified atom stereocenters. The van der Waals surface area contributed by atoms with E-state index in [9.17, 15) is 4.79 Å². The van der Waals surface area contributed by atoms with Gasteiger partial charge < -0.3 is 4.74 Å². The molecule has 0 aromatic heterocycles. The Morgan fingerprint density at radius 3 is 2.68 bits per heavy atom. The molecule has 0 saturated heterocycles. The van der Waals surface area contributed by atoms with Crippen molar-refractivity contribution in [1.82, 2.24) is 0 Å². The molecule has 0 bridgehead atoms. The van der Waals surface area contributed by atoms with Crippen LogP contribution in [0.5, 0.6) is 5.75 Å². The Bertz CT molecular complexity index is 450. The number of ether oxygens (including phenoxy) is 1. The third kappa shape index (κ3) is 3.50. The van der Waals surface area contributed by atoms with E-state index < -0.39 is 0 Å². The Balaban J connectivity index is 2.10. The second kappa shape index (κ2) is 6.42. The van der Waals surface area contributed by atoms with E-state index in [4.69, 9.17) is 16.3 Å². The van der Waals surface area contributed by atoms with E-state index in [-0.39, 0.29) is 17.8 Å². The van der Waals surface area contributed by atoms with Crippen LogP contribution in [0.3, 0.4) is 0 Å². The lowest BCUT2D eigenvalue weighted by Crippen LogP contribution is -2.12. The van der Waals surface area contributed by atoms with Gasteiger partial charge in [-0.3, -0.25) is 4.79 Å². The van der Waals surface area contributed by atoms with E-state index in [0.29, 0.717) is 16.3 Å². The van der Waals surface area contributed by atoms with Crippen LogP contribution in [0.2, 0.25) is 5.02 Å². The fourth-order valence-corrected chi connectivity index (χ4v) is 2.63. The van der Waals surface area contributed by atoms with Crippen molar-refractivity contribution in [3.05, 3.63) is 28.8 Å². The summed E-state index contributed by atoms with van der Waals surface area (Å²) in [5, 5.41) is 0.543. The summed E-state index contributed by atoms with van der Waals surface area (Å²) in [5.74, 6) is 0.892. The predicted octanol–water partition coefficient (Wildman–Crippen LogP) is 4.89. The van der Waals surface area contributed by atoms with Gasteiger partial charge in [0.15, 0.2) is 5.78 Å². The minimum Gasteiger partial charge on any atom is -0.489 e. The quantitative estimate of drug-likeness (QED) is 0.718. The first kappa shape index (κ1) is 14.4. The maximum Gasteiger partial charge on any atom is 0.165 e. The summed E-state index contributed by atoms with van der Waals surface area (Å²) in [5.41, 5.74) is 0.679. The van der Waals surface area contributed by atoms with Crippen molar-refractivity contribution >= 4 is 17.4 Å².